The van der Waals surface area contributed by atoms with E-state index in [4.69, 9.17) is 18.9 Å². The number of nitrogens with one attached hydrogen (secondary N) is 1. The zero-order chi connectivity index (χ0) is 24.9. The maximum atomic E-state index is 13.3. The number of aromatic nitrogens is 1. The van der Waals surface area contributed by atoms with Gasteiger partial charge in [-0.3, -0.25) is 4.79 Å². The molecule has 188 valence electrons. The fourth-order valence-corrected chi connectivity index (χ4v) is 3.35. The first kappa shape index (κ1) is 27.0. The van der Waals surface area contributed by atoms with Crippen molar-refractivity contribution in [2.24, 2.45) is 7.05 Å². The van der Waals surface area contributed by atoms with E-state index in [1.165, 1.54) is 19.1 Å². The summed E-state index contributed by atoms with van der Waals surface area (Å²) in [6.45, 7) is 1.99. The Balaban J connectivity index is 2.16. The van der Waals surface area contributed by atoms with Crippen LogP contribution in [0.3, 0.4) is 0 Å². The van der Waals surface area contributed by atoms with Gasteiger partial charge in [-0.05, 0) is 18.6 Å². The Morgan fingerprint density at radius 2 is 1.62 bits per heavy atom. The minimum Gasteiger partial charge on any atom is -0.497 e. The van der Waals surface area contributed by atoms with Gasteiger partial charge in [-0.2, -0.15) is 0 Å². The summed E-state index contributed by atoms with van der Waals surface area (Å²) in [5, 5.41) is 2.85. The highest BCUT2D eigenvalue weighted by molar-refractivity contribution is 5.92. The van der Waals surface area contributed by atoms with Crippen LogP contribution in [0.1, 0.15) is 12.1 Å². The molecule has 3 amide bonds. The molecular formula is C24H36N4O6. The lowest BCUT2D eigenvalue weighted by molar-refractivity contribution is -0.133. The summed E-state index contributed by atoms with van der Waals surface area (Å²) in [6.07, 6.45) is 2.52. The van der Waals surface area contributed by atoms with Gasteiger partial charge in [0.25, 0.3) is 0 Å². The van der Waals surface area contributed by atoms with Crippen molar-refractivity contribution in [3.63, 3.8) is 0 Å². The van der Waals surface area contributed by atoms with Gasteiger partial charge in [-0.15, -0.1) is 0 Å². The highest BCUT2D eigenvalue weighted by atomic mass is 16.5. The molecule has 0 radical (unpaired) electrons. The number of rotatable bonds is 14. The number of aryl methyl sites for hydroxylation is 1. The molecule has 0 fully saturated rings. The van der Waals surface area contributed by atoms with Crippen molar-refractivity contribution in [2.75, 3.05) is 66.6 Å². The smallest absolute Gasteiger partial charge is 0.322 e. The molecule has 0 saturated heterocycles. The van der Waals surface area contributed by atoms with Gasteiger partial charge in [0.15, 0.2) is 0 Å². The molecule has 10 heteroatoms. The molecule has 1 aromatic carbocycles. The largest absolute Gasteiger partial charge is 0.497 e. The van der Waals surface area contributed by atoms with Crippen LogP contribution in [0.15, 0.2) is 36.5 Å². The van der Waals surface area contributed by atoms with Crippen molar-refractivity contribution in [1.29, 1.82) is 0 Å². The molecule has 2 rings (SSSR count). The molecule has 0 atom stereocenters. The molecule has 0 bridgehead atoms. The molecule has 0 spiro atoms. The van der Waals surface area contributed by atoms with Crippen molar-refractivity contribution in [3.8, 4) is 11.5 Å². The number of carbonyl (C=O) groups excluding carboxylic acids is 2. The molecule has 0 aliphatic heterocycles. The summed E-state index contributed by atoms with van der Waals surface area (Å²) in [7, 11) is 8.21. The van der Waals surface area contributed by atoms with Crippen LogP contribution in [0, 0.1) is 0 Å². The Morgan fingerprint density at radius 3 is 2.18 bits per heavy atom. The molecule has 0 aliphatic carbocycles. The quantitative estimate of drug-likeness (QED) is 0.421. The van der Waals surface area contributed by atoms with Gasteiger partial charge in [-0.25, -0.2) is 4.79 Å². The minimum atomic E-state index is -0.398. The molecule has 0 unspecified atom stereocenters. The predicted molar refractivity (Wildman–Crippen MR) is 129 cm³/mol. The summed E-state index contributed by atoms with van der Waals surface area (Å²) in [4.78, 5) is 29.6. The molecule has 1 heterocycles. The van der Waals surface area contributed by atoms with Crippen LogP contribution in [0.2, 0.25) is 0 Å². The molecule has 1 aromatic heterocycles. The van der Waals surface area contributed by atoms with Crippen LogP contribution < -0.4 is 14.8 Å². The first-order valence-corrected chi connectivity index (χ1v) is 11.1. The van der Waals surface area contributed by atoms with E-state index in [0.717, 1.165) is 5.69 Å². The van der Waals surface area contributed by atoms with Gasteiger partial charge >= 0.3 is 6.03 Å². The Bertz CT molecular complexity index is 894. The van der Waals surface area contributed by atoms with Gasteiger partial charge < -0.3 is 38.6 Å². The summed E-state index contributed by atoms with van der Waals surface area (Å²) in [6, 6.07) is 8.59. The van der Waals surface area contributed by atoms with E-state index in [2.05, 4.69) is 5.32 Å². The molecule has 10 nitrogen and oxygen atoms in total. The molecule has 34 heavy (non-hydrogen) atoms. The lowest BCUT2D eigenvalue weighted by Crippen LogP contribution is -2.45. The zero-order valence-corrected chi connectivity index (χ0v) is 20.7. The fraction of sp³-hybridized carbons (Fsp3) is 0.500. The second-order valence-corrected chi connectivity index (χ2v) is 7.72. The van der Waals surface area contributed by atoms with E-state index in [-0.39, 0.29) is 12.5 Å². The van der Waals surface area contributed by atoms with E-state index >= 15 is 0 Å². The van der Waals surface area contributed by atoms with Gasteiger partial charge in [0.05, 0.1) is 27.4 Å². The number of carbonyl (C=O) groups is 2. The number of urea groups is 1. The van der Waals surface area contributed by atoms with Gasteiger partial charge in [0.2, 0.25) is 5.91 Å². The van der Waals surface area contributed by atoms with Crippen LogP contribution in [-0.4, -0.2) is 87.6 Å². The second-order valence-electron chi connectivity index (χ2n) is 7.72. The average Bonchev–Trinajstić information content (AvgIpc) is 3.24. The number of nitrogens with zero attached hydrogens (tertiary/aromatic N) is 3. The third-order valence-corrected chi connectivity index (χ3v) is 5.31. The van der Waals surface area contributed by atoms with Crippen molar-refractivity contribution < 1.29 is 28.5 Å². The highest BCUT2D eigenvalue weighted by Crippen LogP contribution is 2.26. The minimum absolute atomic E-state index is 0.0786. The number of amides is 3. The Labute approximate surface area is 201 Å². The normalized spacial score (nSPS) is 10.6. The molecule has 1 N–H and O–H groups in total. The first-order chi connectivity index (χ1) is 16.4. The van der Waals surface area contributed by atoms with Crippen LogP contribution >= 0.6 is 0 Å². The van der Waals surface area contributed by atoms with E-state index in [1.807, 2.05) is 29.9 Å². The number of hydrogen-bond donors (Lipinski definition) is 1. The van der Waals surface area contributed by atoms with Crippen molar-refractivity contribution in [3.05, 3.63) is 42.2 Å². The monoisotopic (exact) mass is 476 g/mol. The van der Waals surface area contributed by atoms with Crippen LogP contribution in [0.4, 0.5) is 10.5 Å². The number of benzene rings is 1. The predicted octanol–water partition coefficient (Wildman–Crippen LogP) is 2.59. The number of anilines is 1. The molecular weight excluding hydrogens is 440 g/mol. The van der Waals surface area contributed by atoms with Crippen molar-refractivity contribution in [2.45, 2.75) is 13.0 Å². The van der Waals surface area contributed by atoms with E-state index in [0.29, 0.717) is 56.5 Å². The van der Waals surface area contributed by atoms with Crippen LogP contribution in [0.5, 0.6) is 11.5 Å². The average molecular weight is 477 g/mol. The second kappa shape index (κ2) is 14.1. The summed E-state index contributed by atoms with van der Waals surface area (Å²) < 4.78 is 22.8. The Kier molecular flexibility index (Phi) is 11.2. The van der Waals surface area contributed by atoms with E-state index < -0.39 is 6.03 Å². The van der Waals surface area contributed by atoms with E-state index in [1.54, 1.807) is 37.3 Å². The number of ether oxygens (including phenoxy) is 4. The van der Waals surface area contributed by atoms with E-state index in [9.17, 15) is 9.59 Å². The SMILES string of the molecule is COCCCN(CC(=O)N(CCOC)Cc1cccn1C)C(=O)Nc1cc(OC)cc(OC)c1. The standard InChI is InChI=1S/C24H36N4O6/c1-26-9-6-8-20(26)17-27(11-13-32-3)23(29)18-28(10-7-12-31-2)24(30)25-19-14-21(33-4)16-22(15-19)34-5/h6,8-9,14-16H,7,10-13,17-18H2,1-5H3,(H,25,30). The van der Waals surface area contributed by atoms with Gasteiger partial charge in [-0.1, -0.05) is 0 Å². The molecule has 2 aromatic rings. The lowest BCUT2D eigenvalue weighted by atomic mass is 10.2. The maximum absolute atomic E-state index is 13.3. The Hall–Kier alpha value is -3.24. The number of hydrogen-bond acceptors (Lipinski definition) is 6. The third-order valence-electron chi connectivity index (χ3n) is 5.31. The van der Waals surface area contributed by atoms with Gasteiger partial charge in [0, 0.05) is 76.7 Å². The van der Waals surface area contributed by atoms with Crippen molar-refractivity contribution >= 4 is 17.6 Å². The maximum Gasteiger partial charge on any atom is 0.322 e. The highest BCUT2D eigenvalue weighted by Gasteiger charge is 2.22. The molecule has 0 saturated carbocycles. The topological polar surface area (TPSA) is 94.5 Å². The first-order valence-electron chi connectivity index (χ1n) is 11.1. The summed E-state index contributed by atoms with van der Waals surface area (Å²) in [5.74, 6) is 0.920. The summed E-state index contributed by atoms with van der Waals surface area (Å²) >= 11 is 0. The fourth-order valence-electron chi connectivity index (χ4n) is 3.35. The third kappa shape index (κ3) is 8.27. The van der Waals surface area contributed by atoms with Crippen LogP contribution in [0.25, 0.3) is 0 Å². The van der Waals surface area contributed by atoms with Crippen molar-refractivity contribution in [1.82, 2.24) is 14.4 Å². The molecule has 0 aliphatic rings. The van der Waals surface area contributed by atoms with Crippen LogP contribution in [-0.2, 0) is 27.9 Å². The van der Waals surface area contributed by atoms with Gasteiger partial charge in [0.1, 0.15) is 18.0 Å². The number of methoxy groups -OCH3 is 4. The lowest BCUT2D eigenvalue weighted by Gasteiger charge is -2.28. The zero-order valence-electron chi connectivity index (χ0n) is 20.7. The Morgan fingerprint density at radius 1 is 0.941 bits per heavy atom. The summed E-state index contributed by atoms with van der Waals surface area (Å²) in [5.41, 5.74) is 1.49.